The largest absolute Gasteiger partial charge is 0.478 e. The van der Waals surface area contributed by atoms with Crippen molar-refractivity contribution in [2.75, 3.05) is 4.72 Å². The van der Waals surface area contributed by atoms with Gasteiger partial charge in [0.25, 0.3) is 10.0 Å². The number of aromatic carboxylic acids is 1. The van der Waals surface area contributed by atoms with E-state index in [0.29, 0.717) is 10.2 Å². The lowest BCUT2D eigenvalue weighted by Gasteiger charge is -2.10. The van der Waals surface area contributed by atoms with E-state index >= 15 is 0 Å². The summed E-state index contributed by atoms with van der Waals surface area (Å²) in [6.45, 7) is 1.89. The molecule has 2 N–H and O–H groups in total. The van der Waals surface area contributed by atoms with Crippen molar-refractivity contribution in [2.45, 2.75) is 11.8 Å². The van der Waals surface area contributed by atoms with Crippen molar-refractivity contribution in [2.24, 2.45) is 0 Å². The summed E-state index contributed by atoms with van der Waals surface area (Å²) in [5.41, 5.74) is 1.32. The first kappa shape index (κ1) is 15.5. The number of halogens is 1. The standard InChI is InChI=1S/C14H12BrNO4S/c1-9-2-5-11(6-3-9)16-21(19,20)13-8-10(14(17)18)4-7-12(13)15/h2-8,16H,1H3,(H,17,18). The van der Waals surface area contributed by atoms with Crippen molar-refractivity contribution < 1.29 is 18.3 Å². The first-order valence-corrected chi connectivity index (χ1v) is 8.19. The van der Waals surface area contributed by atoms with Gasteiger partial charge in [-0.15, -0.1) is 0 Å². The van der Waals surface area contributed by atoms with Gasteiger partial charge < -0.3 is 5.11 Å². The van der Waals surface area contributed by atoms with E-state index in [0.717, 1.165) is 11.6 Å². The van der Waals surface area contributed by atoms with E-state index in [9.17, 15) is 13.2 Å². The predicted octanol–water partition coefficient (Wildman–Crippen LogP) is 3.26. The average Bonchev–Trinajstić information content (AvgIpc) is 2.41. The van der Waals surface area contributed by atoms with Crippen LogP contribution in [0.25, 0.3) is 0 Å². The third-order valence-electron chi connectivity index (χ3n) is 2.77. The van der Waals surface area contributed by atoms with Gasteiger partial charge in [0, 0.05) is 10.2 Å². The fraction of sp³-hybridized carbons (Fsp3) is 0.0714. The summed E-state index contributed by atoms with van der Waals surface area (Å²) in [6.07, 6.45) is 0. The monoisotopic (exact) mass is 369 g/mol. The highest BCUT2D eigenvalue weighted by Gasteiger charge is 2.20. The summed E-state index contributed by atoms with van der Waals surface area (Å²) in [5.74, 6) is -1.19. The Kier molecular flexibility index (Phi) is 4.34. The third-order valence-corrected chi connectivity index (χ3v) is 5.15. The zero-order valence-corrected chi connectivity index (χ0v) is 13.4. The number of carboxylic acid groups (broad SMARTS) is 1. The summed E-state index contributed by atoms with van der Waals surface area (Å²) in [4.78, 5) is 10.8. The van der Waals surface area contributed by atoms with E-state index in [2.05, 4.69) is 20.7 Å². The van der Waals surface area contributed by atoms with Crippen LogP contribution in [0.1, 0.15) is 15.9 Å². The number of rotatable bonds is 4. The molecule has 0 radical (unpaired) electrons. The van der Waals surface area contributed by atoms with Gasteiger partial charge in [0.05, 0.1) is 5.56 Å². The van der Waals surface area contributed by atoms with Crippen molar-refractivity contribution in [3.05, 3.63) is 58.1 Å². The van der Waals surface area contributed by atoms with Gasteiger partial charge >= 0.3 is 5.97 Å². The SMILES string of the molecule is Cc1ccc(NS(=O)(=O)c2cc(C(=O)O)ccc2Br)cc1. The molecule has 0 aliphatic heterocycles. The lowest BCUT2D eigenvalue weighted by molar-refractivity contribution is 0.0696. The second kappa shape index (κ2) is 5.87. The van der Waals surface area contributed by atoms with Gasteiger partial charge in [-0.1, -0.05) is 17.7 Å². The minimum atomic E-state index is -3.87. The lowest BCUT2D eigenvalue weighted by Crippen LogP contribution is -2.14. The van der Waals surface area contributed by atoms with Gasteiger partial charge in [0.2, 0.25) is 0 Å². The first-order chi connectivity index (χ1) is 9.79. The molecule has 0 aliphatic rings. The Morgan fingerprint density at radius 3 is 2.33 bits per heavy atom. The molecule has 21 heavy (non-hydrogen) atoms. The Bertz CT molecular complexity index is 785. The summed E-state index contributed by atoms with van der Waals surface area (Å²) >= 11 is 3.13. The van der Waals surface area contributed by atoms with Gasteiger partial charge in [-0.3, -0.25) is 4.72 Å². The number of nitrogens with one attached hydrogen (secondary N) is 1. The molecule has 0 spiro atoms. The van der Waals surface area contributed by atoms with E-state index in [1.165, 1.54) is 12.1 Å². The number of sulfonamides is 1. The number of hydrogen-bond donors (Lipinski definition) is 2. The van der Waals surface area contributed by atoms with Crippen LogP contribution >= 0.6 is 15.9 Å². The highest BCUT2D eigenvalue weighted by atomic mass is 79.9. The molecule has 0 unspecified atom stereocenters. The summed E-state index contributed by atoms with van der Waals surface area (Å²) in [5, 5.41) is 8.96. The highest BCUT2D eigenvalue weighted by Crippen LogP contribution is 2.25. The van der Waals surface area contributed by atoms with E-state index in [1.54, 1.807) is 24.3 Å². The molecule has 0 saturated heterocycles. The molecule has 2 aromatic carbocycles. The van der Waals surface area contributed by atoms with Crippen LogP contribution in [-0.2, 0) is 10.0 Å². The van der Waals surface area contributed by atoms with Crippen molar-refractivity contribution >= 4 is 37.6 Å². The molecule has 0 saturated carbocycles. The molecule has 0 aromatic heterocycles. The molecule has 2 aromatic rings. The second-order valence-corrected chi connectivity index (χ2v) is 6.93. The van der Waals surface area contributed by atoms with Crippen LogP contribution in [0.5, 0.6) is 0 Å². The quantitative estimate of drug-likeness (QED) is 0.866. The maximum atomic E-state index is 12.3. The molecule has 0 heterocycles. The molecule has 0 aliphatic carbocycles. The van der Waals surface area contributed by atoms with E-state index in [1.807, 2.05) is 6.92 Å². The molecular weight excluding hydrogens is 358 g/mol. The molecule has 110 valence electrons. The van der Waals surface area contributed by atoms with Crippen molar-refractivity contribution in [1.29, 1.82) is 0 Å². The number of carboxylic acids is 1. The van der Waals surface area contributed by atoms with Gasteiger partial charge in [0.15, 0.2) is 0 Å². The van der Waals surface area contributed by atoms with Crippen LogP contribution in [0.2, 0.25) is 0 Å². The molecule has 5 nitrogen and oxygen atoms in total. The maximum absolute atomic E-state index is 12.3. The molecule has 0 atom stereocenters. The fourth-order valence-corrected chi connectivity index (χ4v) is 3.72. The van der Waals surface area contributed by atoms with Crippen LogP contribution in [0.4, 0.5) is 5.69 Å². The zero-order valence-electron chi connectivity index (χ0n) is 11.0. The third kappa shape index (κ3) is 3.62. The topological polar surface area (TPSA) is 83.5 Å². The Morgan fingerprint density at radius 1 is 1.14 bits per heavy atom. The Hall–Kier alpha value is -1.86. The normalized spacial score (nSPS) is 11.1. The number of hydrogen-bond acceptors (Lipinski definition) is 3. The van der Waals surface area contributed by atoms with Gasteiger partial charge in [0.1, 0.15) is 4.90 Å². The zero-order chi connectivity index (χ0) is 15.6. The van der Waals surface area contributed by atoms with E-state index in [4.69, 9.17) is 5.11 Å². The Morgan fingerprint density at radius 2 is 1.76 bits per heavy atom. The fourth-order valence-electron chi connectivity index (χ4n) is 1.67. The number of anilines is 1. The maximum Gasteiger partial charge on any atom is 0.335 e. The predicted molar refractivity (Wildman–Crippen MR) is 83.1 cm³/mol. The van der Waals surface area contributed by atoms with E-state index in [-0.39, 0.29) is 10.5 Å². The van der Waals surface area contributed by atoms with Gasteiger partial charge in [-0.05, 0) is 53.2 Å². The lowest BCUT2D eigenvalue weighted by atomic mass is 10.2. The average molecular weight is 370 g/mol. The molecule has 0 amide bonds. The Labute approximate surface area is 130 Å². The number of benzene rings is 2. The van der Waals surface area contributed by atoms with Crippen molar-refractivity contribution in [3.8, 4) is 0 Å². The number of aryl methyl sites for hydroxylation is 1. The van der Waals surface area contributed by atoms with Crippen molar-refractivity contribution in [1.82, 2.24) is 0 Å². The molecular formula is C14H12BrNO4S. The van der Waals surface area contributed by atoms with Gasteiger partial charge in [-0.25, -0.2) is 13.2 Å². The minimum absolute atomic E-state index is 0.0949. The van der Waals surface area contributed by atoms with E-state index < -0.39 is 16.0 Å². The molecule has 0 bridgehead atoms. The first-order valence-electron chi connectivity index (χ1n) is 5.92. The summed E-state index contributed by atoms with van der Waals surface area (Å²) in [6, 6.07) is 10.7. The van der Waals surface area contributed by atoms with Crippen LogP contribution < -0.4 is 4.72 Å². The van der Waals surface area contributed by atoms with Crippen molar-refractivity contribution in [3.63, 3.8) is 0 Å². The second-order valence-electron chi connectivity index (χ2n) is 4.42. The number of carbonyl (C=O) groups is 1. The molecule has 7 heteroatoms. The smallest absolute Gasteiger partial charge is 0.335 e. The summed E-state index contributed by atoms with van der Waals surface area (Å²) < 4.78 is 27.4. The molecule has 2 rings (SSSR count). The Balaban J connectivity index is 2.41. The molecule has 0 fully saturated rings. The van der Waals surface area contributed by atoms with Crippen LogP contribution in [0.3, 0.4) is 0 Å². The van der Waals surface area contributed by atoms with Gasteiger partial charge in [-0.2, -0.15) is 0 Å². The van der Waals surface area contributed by atoms with Crippen LogP contribution in [-0.4, -0.2) is 19.5 Å². The minimum Gasteiger partial charge on any atom is -0.478 e. The summed E-state index contributed by atoms with van der Waals surface area (Å²) in [7, 11) is -3.87. The highest BCUT2D eigenvalue weighted by molar-refractivity contribution is 9.10. The van der Waals surface area contributed by atoms with Crippen LogP contribution in [0.15, 0.2) is 51.8 Å². The van der Waals surface area contributed by atoms with Crippen LogP contribution in [0, 0.1) is 6.92 Å².